The third kappa shape index (κ3) is 11.8. The summed E-state index contributed by atoms with van der Waals surface area (Å²) in [6.45, 7) is 0. The summed E-state index contributed by atoms with van der Waals surface area (Å²) < 4.78 is 0. The topological polar surface area (TPSA) is 98.7 Å². The number of rotatable bonds is 8. The van der Waals surface area contributed by atoms with Crippen molar-refractivity contribution in [2.75, 3.05) is 0 Å². The molecule has 0 radical (unpaired) electrons. The molecule has 6 nitrogen and oxygen atoms in total. The van der Waals surface area contributed by atoms with E-state index >= 15 is 9.59 Å². The van der Waals surface area contributed by atoms with E-state index in [1.54, 1.807) is 48.5 Å². The fourth-order valence-electron chi connectivity index (χ4n) is 11.0. The van der Waals surface area contributed by atoms with Crippen molar-refractivity contribution in [1.82, 2.24) is 10.6 Å². The number of allylic oxidation sites excluding steroid dienone is 2. The molecule has 79 heavy (non-hydrogen) atoms. The molecule has 0 saturated heterocycles. The molecule has 384 valence electrons. The molecule has 3 aliphatic rings. The fourth-order valence-corrected chi connectivity index (χ4v) is 11.0. The van der Waals surface area contributed by atoms with Crippen LogP contribution in [0.25, 0.3) is 67.1 Å². The van der Waals surface area contributed by atoms with Crippen LogP contribution in [-0.4, -0.2) is 33.9 Å². The normalized spacial score (nSPS) is 16.4. The number of phenolic OH excluding ortho intramolecular Hbond substituents is 2. The Hall–Kier alpha value is -8.90. The first kappa shape index (κ1) is 53.5. The van der Waals surface area contributed by atoms with Crippen molar-refractivity contribution in [1.29, 1.82) is 0 Å². The molecule has 2 atom stereocenters. The molecule has 1 fully saturated rings. The molecule has 0 aromatic heterocycles. The van der Waals surface area contributed by atoms with Crippen LogP contribution in [0, 0.1) is 0 Å². The van der Waals surface area contributed by atoms with Gasteiger partial charge in [0.2, 0.25) is 0 Å². The van der Waals surface area contributed by atoms with E-state index in [0.717, 1.165) is 101 Å². The number of phenols is 2. The van der Waals surface area contributed by atoms with Gasteiger partial charge in [-0.1, -0.05) is 231 Å². The van der Waals surface area contributed by atoms with Gasteiger partial charge in [-0.3, -0.25) is 9.59 Å². The summed E-state index contributed by atoms with van der Waals surface area (Å²) in [7, 11) is 0. The summed E-state index contributed by atoms with van der Waals surface area (Å²) >= 11 is 0. The van der Waals surface area contributed by atoms with Gasteiger partial charge in [0.1, 0.15) is 11.5 Å². The number of benzene rings is 10. The second kappa shape index (κ2) is 25.1. The number of Topliss-reactive ketones (excluding diaryl/α,β-unsaturated/α-hetero) is 2. The molecule has 0 amide bonds. The average Bonchev–Trinajstić information content (AvgIpc) is 3.68. The Morgan fingerprint density at radius 2 is 0.722 bits per heavy atom. The zero-order valence-corrected chi connectivity index (χ0v) is 46.1. The van der Waals surface area contributed by atoms with Gasteiger partial charge in [-0.2, -0.15) is 0 Å². The molecule has 1 saturated carbocycles. The average molecular weight is 1110 g/mol. The van der Waals surface area contributed by atoms with Crippen LogP contribution in [-0.2, 0) is 35.8 Å². The van der Waals surface area contributed by atoms with Gasteiger partial charge in [-0.05, 0) is 114 Å². The van der Waals surface area contributed by atoms with Crippen molar-refractivity contribution in [3.8, 4) is 33.8 Å². The van der Waals surface area contributed by atoms with Crippen LogP contribution < -0.4 is 31.5 Å². The number of carbonyl (C=O) groups is 2. The predicted octanol–water partition coefficient (Wildman–Crippen LogP) is 12.2. The molecular formula is C72H58N2O4Zr. The van der Waals surface area contributed by atoms with Gasteiger partial charge in [0.05, 0.1) is 0 Å². The molecule has 3 aliphatic carbocycles. The summed E-state index contributed by atoms with van der Waals surface area (Å²) in [4.78, 5) is 30.1. The number of hydrogen-bond donors (Lipinski definition) is 4. The maximum atomic E-state index is 15.0. The number of para-hydroxylation sites is 2. The van der Waals surface area contributed by atoms with E-state index in [0.29, 0.717) is 33.8 Å². The third-order valence-corrected chi connectivity index (χ3v) is 14.8. The summed E-state index contributed by atoms with van der Waals surface area (Å²) in [6.07, 6.45) is 11.9. The maximum absolute atomic E-state index is 15.0. The molecule has 7 heteroatoms. The minimum absolute atomic E-state index is 0. The van der Waals surface area contributed by atoms with Gasteiger partial charge in [-0.25, -0.2) is 0 Å². The van der Waals surface area contributed by atoms with Gasteiger partial charge in [-0.15, -0.1) is 0 Å². The number of hydrogen-bond acceptors (Lipinski definition) is 6. The summed E-state index contributed by atoms with van der Waals surface area (Å²) in [5.74, 6) is 0.634. The van der Waals surface area contributed by atoms with Gasteiger partial charge < -0.3 is 20.8 Å². The third-order valence-electron chi connectivity index (χ3n) is 14.8. The van der Waals surface area contributed by atoms with Crippen molar-refractivity contribution in [2.24, 2.45) is 0 Å². The predicted molar refractivity (Wildman–Crippen MR) is 319 cm³/mol. The summed E-state index contributed by atoms with van der Waals surface area (Å²) in [6, 6.07) is 80.0. The zero-order valence-electron chi connectivity index (χ0n) is 43.6. The van der Waals surface area contributed by atoms with Crippen LogP contribution in [0.3, 0.4) is 0 Å². The number of fused-ring (bicyclic) bond motifs is 4. The second-order valence-corrected chi connectivity index (χ2v) is 19.7. The number of aromatic hydroxyl groups is 2. The Morgan fingerprint density at radius 3 is 1.10 bits per heavy atom. The Kier molecular flexibility index (Phi) is 17.0. The molecule has 0 bridgehead atoms. The second-order valence-electron chi connectivity index (χ2n) is 19.7. The van der Waals surface area contributed by atoms with E-state index in [9.17, 15) is 0 Å². The van der Waals surface area contributed by atoms with Gasteiger partial charge in [0.25, 0.3) is 0 Å². The Bertz CT molecular complexity index is 3890. The van der Waals surface area contributed by atoms with Crippen LogP contribution in [0.5, 0.6) is 11.5 Å². The molecule has 10 aromatic rings. The molecule has 10 aromatic carbocycles. The van der Waals surface area contributed by atoms with Crippen LogP contribution in [0.4, 0.5) is 0 Å². The SMILES string of the molecule is O=C1C(c2c(-c3ccccc3)ccc3ccccc23)=c2ccccc2=C/C1=C/N[C@@H]1CCCC[C@H]1N/C=C1/C=c2ccccc2=C(c2c(-c3ccccc3)ccc3ccccc23)C1=O.Oc1ccccc1.Oc1ccccc1.[Zr]. The van der Waals surface area contributed by atoms with Gasteiger partial charge in [0.15, 0.2) is 11.6 Å². The van der Waals surface area contributed by atoms with E-state index in [2.05, 4.69) is 120 Å². The van der Waals surface area contributed by atoms with E-state index < -0.39 is 0 Å². The Labute approximate surface area is 479 Å². The quantitative estimate of drug-likeness (QED) is 0.113. The van der Waals surface area contributed by atoms with E-state index in [-0.39, 0.29) is 49.9 Å². The largest absolute Gasteiger partial charge is 0.508 e. The minimum atomic E-state index is -0.00499. The van der Waals surface area contributed by atoms with Crippen LogP contribution >= 0.6 is 0 Å². The Balaban J connectivity index is 0.000000410. The number of nitrogens with one attached hydrogen (secondary N) is 2. The Morgan fingerprint density at radius 1 is 0.380 bits per heavy atom. The van der Waals surface area contributed by atoms with E-state index in [1.807, 2.05) is 109 Å². The number of ketones is 2. The van der Waals surface area contributed by atoms with Gasteiger partial charge >= 0.3 is 0 Å². The molecule has 4 N–H and O–H groups in total. The van der Waals surface area contributed by atoms with Crippen LogP contribution in [0.15, 0.2) is 266 Å². The van der Waals surface area contributed by atoms with Gasteiger partial charge in [0, 0.05) is 84.1 Å². The molecule has 0 heterocycles. The summed E-state index contributed by atoms with van der Waals surface area (Å²) in [5, 5.41) is 32.9. The summed E-state index contributed by atoms with van der Waals surface area (Å²) in [5.41, 5.74) is 8.79. The van der Waals surface area contributed by atoms with E-state index in [1.165, 1.54) is 0 Å². The molecule has 0 unspecified atom stereocenters. The van der Waals surface area contributed by atoms with Crippen molar-refractivity contribution in [2.45, 2.75) is 37.8 Å². The van der Waals surface area contributed by atoms with Crippen LogP contribution in [0.1, 0.15) is 36.8 Å². The molecular weight excluding hydrogens is 1050 g/mol. The first-order chi connectivity index (χ1) is 38.4. The van der Waals surface area contributed by atoms with Crippen molar-refractivity contribution in [3.05, 3.63) is 298 Å². The monoisotopic (exact) mass is 1100 g/mol. The molecule has 0 spiro atoms. The number of carbonyl (C=O) groups excluding carboxylic acids is 2. The van der Waals surface area contributed by atoms with Crippen LogP contribution in [0.2, 0.25) is 0 Å². The molecule has 13 rings (SSSR count). The zero-order chi connectivity index (χ0) is 53.2. The van der Waals surface area contributed by atoms with Crippen molar-refractivity contribution < 1.29 is 46.0 Å². The van der Waals surface area contributed by atoms with Crippen molar-refractivity contribution in [3.63, 3.8) is 0 Å². The fraction of sp³-hybridized carbons (Fsp3) is 0.0833. The molecule has 0 aliphatic heterocycles. The van der Waals surface area contributed by atoms with E-state index in [4.69, 9.17) is 10.2 Å². The first-order valence-corrected chi connectivity index (χ1v) is 26.7. The maximum Gasteiger partial charge on any atom is 0.195 e. The van der Waals surface area contributed by atoms with Crippen molar-refractivity contribution >= 4 is 56.4 Å². The smallest absolute Gasteiger partial charge is 0.195 e. The standard InChI is InChI=1S/C60H46N2O2.2C6H6O.Zr/c63-59-45(35-43-23-9-13-27-49(43)57(59)55-47-25-11-7-21-41(47)31-33-51(55)39-17-3-1-4-18-39)37-61-53-29-15-16-30-54(53)62-38-46-36-44-24-10-14-28-50(44)58(60(46)64)56-48-26-12-8-22-42(48)32-34-52(56)40-19-5-2-6-20-40;2*7-6-4-2-1-3-5-6;/h1-14,17-28,31-38,53-54,61-62H,15-16,29-30H2;2*1-5,7H;/b45-37-,46-38-;;;/t53-,54-;;;/m1.../s1. The first-order valence-electron chi connectivity index (χ1n) is 26.7. The minimum Gasteiger partial charge on any atom is -0.508 e.